The second-order valence-electron chi connectivity index (χ2n) is 4.74. The quantitative estimate of drug-likeness (QED) is 0.778. The van der Waals surface area contributed by atoms with Crippen molar-refractivity contribution in [2.45, 2.75) is 19.9 Å². The predicted octanol–water partition coefficient (Wildman–Crippen LogP) is 2.88. The molecule has 17 heavy (non-hydrogen) atoms. The molecule has 0 saturated carbocycles. The molecule has 0 bridgehead atoms. The Morgan fingerprint density at radius 2 is 2.00 bits per heavy atom. The minimum Gasteiger partial charge on any atom is -0.399 e. The maximum absolute atomic E-state index is 5.65. The zero-order chi connectivity index (χ0) is 12.1. The van der Waals surface area contributed by atoms with Gasteiger partial charge in [-0.05, 0) is 30.0 Å². The summed E-state index contributed by atoms with van der Waals surface area (Å²) in [7, 11) is 0. The zero-order valence-corrected chi connectivity index (χ0v) is 10.3. The summed E-state index contributed by atoms with van der Waals surface area (Å²) >= 11 is 0. The van der Waals surface area contributed by atoms with Crippen LogP contribution in [0.4, 0.5) is 5.69 Å². The Kier molecular flexibility index (Phi) is 3.99. The summed E-state index contributed by atoms with van der Waals surface area (Å²) in [5.74, 6) is 0.674. The Balaban J connectivity index is 1.78. The van der Waals surface area contributed by atoms with Crippen LogP contribution in [0.5, 0.6) is 0 Å². The molecule has 0 saturated heterocycles. The summed E-state index contributed by atoms with van der Waals surface area (Å²) < 4.78 is 0. The van der Waals surface area contributed by atoms with Crippen LogP contribution in [0, 0.1) is 5.92 Å². The standard InChI is InChI=1S/C15H20N2/c1-12-3-2-4-14(9-12)11-17-10-13-5-7-15(16)8-6-13/h2-8,12,17H,9-11,16H2,1H3. The minimum atomic E-state index is 0.674. The van der Waals surface area contributed by atoms with E-state index in [2.05, 4.69) is 42.6 Å². The number of nitrogen functional groups attached to an aromatic ring is 1. The molecule has 0 aliphatic heterocycles. The third-order valence-electron chi connectivity index (χ3n) is 3.02. The van der Waals surface area contributed by atoms with Gasteiger partial charge in [0.05, 0.1) is 0 Å². The van der Waals surface area contributed by atoms with Gasteiger partial charge in [0.1, 0.15) is 0 Å². The van der Waals surface area contributed by atoms with Crippen molar-refractivity contribution < 1.29 is 0 Å². The van der Waals surface area contributed by atoms with Gasteiger partial charge in [-0.1, -0.05) is 42.9 Å². The van der Waals surface area contributed by atoms with E-state index in [-0.39, 0.29) is 0 Å². The van der Waals surface area contributed by atoms with E-state index in [4.69, 9.17) is 5.73 Å². The first-order valence-electron chi connectivity index (χ1n) is 6.15. The average Bonchev–Trinajstić information content (AvgIpc) is 2.32. The van der Waals surface area contributed by atoms with E-state index in [1.165, 1.54) is 17.6 Å². The van der Waals surface area contributed by atoms with Gasteiger partial charge in [0, 0.05) is 18.8 Å². The average molecular weight is 228 g/mol. The van der Waals surface area contributed by atoms with Crippen molar-refractivity contribution in [1.82, 2.24) is 5.32 Å². The number of hydrogen-bond donors (Lipinski definition) is 2. The van der Waals surface area contributed by atoms with Gasteiger partial charge in [0.15, 0.2) is 0 Å². The molecule has 3 N–H and O–H groups in total. The molecule has 1 aromatic rings. The molecule has 1 aliphatic carbocycles. The molecule has 90 valence electrons. The second-order valence-corrected chi connectivity index (χ2v) is 4.74. The summed E-state index contributed by atoms with van der Waals surface area (Å²) in [6.07, 6.45) is 7.80. The molecule has 1 aliphatic rings. The summed E-state index contributed by atoms with van der Waals surface area (Å²) in [5, 5.41) is 3.47. The molecule has 0 spiro atoms. The number of hydrogen-bond acceptors (Lipinski definition) is 2. The van der Waals surface area contributed by atoms with Crippen molar-refractivity contribution in [2.24, 2.45) is 5.92 Å². The number of nitrogens with one attached hydrogen (secondary N) is 1. The highest BCUT2D eigenvalue weighted by Crippen LogP contribution is 2.17. The van der Waals surface area contributed by atoms with Crippen molar-refractivity contribution >= 4 is 5.69 Å². The fourth-order valence-corrected chi connectivity index (χ4v) is 2.06. The summed E-state index contributed by atoms with van der Waals surface area (Å²) in [5.41, 5.74) is 9.23. The summed E-state index contributed by atoms with van der Waals surface area (Å²) in [6.45, 7) is 4.12. The molecule has 2 rings (SSSR count). The summed E-state index contributed by atoms with van der Waals surface area (Å²) in [6, 6.07) is 8.03. The summed E-state index contributed by atoms with van der Waals surface area (Å²) in [4.78, 5) is 0. The second kappa shape index (κ2) is 5.69. The lowest BCUT2D eigenvalue weighted by Gasteiger charge is -2.15. The molecule has 2 heteroatoms. The van der Waals surface area contributed by atoms with Crippen molar-refractivity contribution in [3.05, 3.63) is 53.6 Å². The Hall–Kier alpha value is -1.54. The fourth-order valence-electron chi connectivity index (χ4n) is 2.06. The number of nitrogens with two attached hydrogens (primary N) is 1. The van der Waals surface area contributed by atoms with Crippen LogP contribution in [-0.4, -0.2) is 6.54 Å². The van der Waals surface area contributed by atoms with Crippen LogP contribution >= 0.6 is 0 Å². The van der Waals surface area contributed by atoms with Gasteiger partial charge in [0.25, 0.3) is 0 Å². The predicted molar refractivity (Wildman–Crippen MR) is 73.6 cm³/mol. The van der Waals surface area contributed by atoms with Crippen LogP contribution in [0.3, 0.4) is 0 Å². The lowest BCUT2D eigenvalue weighted by Crippen LogP contribution is -2.18. The van der Waals surface area contributed by atoms with Gasteiger partial charge in [0.2, 0.25) is 0 Å². The molecule has 1 aromatic carbocycles. The molecule has 0 amide bonds. The first-order chi connectivity index (χ1) is 8.24. The van der Waals surface area contributed by atoms with Crippen LogP contribution in [0.1, 0.15) is 18.9 Å². The highest BCUT2D eigenvalue weighted by atomic mass is 14.8. The van der Waals surface area contributed by atoms with Crippen molar-refractivity contribution in [3.8, 4) is 0 Å². The monoisotopic (exact) mass is 228 g/mol. The van der Waals surface area contributed by atoms with E-state index < -0.39 is 0 Å². The fraction of sp³-hybridized carbons (Fsp3) is 0.333. The van der Waals surface area contributed by atoms with Crippen LogP contribution < -0.4 is 11.1 Å². The van der Waals surface area contributed by atoms with Gasteiger partial charge in [-0.3, -0.25) is 0 Å². The Bertz CT molecular complexity index is 415. The smallest absolute Gasteiger partial charge is 0.0314 e. The normalized spacial score (nSPS) is 19.1. The molecule has 0 aromatic heterocycles. The van der Waals surface area contributed by atoms with E-state index in [1.807, 2.05) is 12.1 Å². The topological polar surface area (TPSA) is 38.0 Å². The number of anilines is 1. The highest BCUT2D eigenvalue weighted by Gasteiger charge is 2.05. The third kappa shape index (κ3) is 3.75. The molecular weight excluding hydrogens is 208 g/mol. The SMILES string of the molecule is CC1C=CC=C(CNCc2ccc(N)cc2)C1. The lowest BCUT2D eigenvalue weighted by atomic mass is 9.96. The van der Waals surface area contributed by atoms with Gasteiger partial charge in [-0.2, -0.15) is 0 Å². The Labute approximate surface area is 103 Å². The van der Waals surface area contributed by atoms with E-state index in [9.17, 15) is 0 Å². The Morgan fingerprint density at radius 1 is 1.24 bits per heavy atom. The van der Waals surface area contributed by atoms with Crippen LogP contribution in [0.2, 0.25) is 0 Å². The molecule has 2 nitrogen and oxygen atoms in total. The molecular formula is C15H20N2. The maximum Gasteiger partial charge on any atom is 0.0314 e. The molecule has 1 atom stereocenters. The number of benzene rings is 1. The van der Waals surface area contributed by atoms with E-state index >= 15 is 0 Å². The van der Waals surface area contributed by atoms with E-state index in [0.29, 0.717) is 5.92 Å². The molecule has 1 unspecified atom stereocenters. The van der Waals surface area contributed by atoms with Crippen LogP contribution in [0.25, 0.3) is 0 Å². The van der Waals surface area contributed by atoms with E-state index in [1.54, 1.807) is 0 Å². The lowest BCUT2D eigenvalue weighted by molar-refractivity contribution is 0.651. The Morgan fingerprint density at radius 3 is 2.71 bits per heavy atom. The first kappa shape index (κ1) is 11.9. The number of rotatable bonds is 4. The molecule has 0 radical (unpaired) electrons. The number of allylic oxidation sites excluding steroid dienone is 3. The van der Waals surface area contributed by atoms with Gasteiger partial charge in [-0.25, -0.2) is 0 Å². The largest absolute Gasteiger partial charge is 0.399 e. The van der Waals surface area contributed by atoms with E-state index in [0.717, 1.165) is 18.8 Å². The maximum atomic E-state index is 5.65. The zero-order valence-electron chi connectivity index (χ0n) is 10.3. The van der Waals surface area contributed by atoms with Crippen molar-refractivity contribution in [3.63, 3.8) is 0 Å². The first-order valence-corrected chi connectivity index (χ1v) is 6.15. The van der Waals surface area contributed by atoms with Crippen molar-refractivity contribution in [2.75, 3.05) is 12.3 Å². The third-order valence-corrected chi connectivity index (χ3v) is 3.02. The van der Waals surface area contributed by atoms with Crippen LogP contribution in [0.15, 0.2) is 48.1 Å². The minimum absolute atomic E-state index is 0.674. The van der Waals surface area contributed by atoms with Gasteiger partial charge in [-0.15, -0.1) is 0 Å². The highest BCUT2D eigenvalue weighted by molar-refractivity contribution is 5.39. The van der Waals surface area contributed by atoms with Gasteiger partial charge >= 0.3 is 0 Å². The van der Waals surface area contributed by atoms with Crippen LogP contribution in [-0.2, 0) is 6.54 Å². The molecule has 0 heterocycles. The van der Waals surface area contributed by atoms with Gasteiger partial charge < -0.3 is 11.1 Å². The molecule has 0 fully saturated rings. The van der Waals surface area contributed by atoms with Crippen molar-refractivity contribution in [1.29, 1.82) is 0 Å².